The van der Waals surface area contributed by atoms with E-state index in [4.69, 9.17) is 5.73 Å². The summed E-state index contributed by atoms with van der Waals surface area (Å²) in [6.07, 6.45) is 6.75. The molecule has 1 heterocycles. The highest BCUT2D eigenvalue weighted by molar-refractivity contribution is 7.09. The van der Waals surface area contributed by atoms with Crippen LogP contribution in [0, 0.1) is 5.92 Å². The van der Waals surface area contributed by atoms with Crippen LogP contribution in [0.5, 0.6) is 0 Å². The van der Waals surface area contributed by atoms with Crippen molar-refractivity contribution in [1.82, 2.24) is 4.90 Å². The third-order valence-electron chi connectivity index (χ3n) is 3.99. The average Bonchev–Trinajstić information content (AvgIpc) is 2.86. The second kappa shape index (κ2) is 8.65. The van der Waals surface area contributed by atoms with Crippen molar-refractivity contribution in [3.8, 4) is 0 Å². The molecule has 2 N–H and O–H groups in total. The van der Waals surface area contributed by atoms with Gasteiger partial charge in [0.05, 0.1) is 12.5 Å². The van der Waals surface area contributed by atoms with E-state index in [1.54, 1.807) is 11.3 Å². The molecule has 0 radical (unpaired) electrons. The lowest BCUT2D eigenvalue weighted by Gasteiger charge is -2.29. The third kappa shape index (κ3) is 4.76. The van der Waals surface area contributed by atoms with E-state index in [0.29, 0.717) is 6.54 Å². The number of thiophene rings is 1. The first-order chi connectivity index (χ1) is 9.18. The summed E-state index contributed by atoms with van der Waals surface area (Å²) in [4.78, 5) is 15.6. The average molecular weight is 317 g/mol. The van der Waals surface area contributed by atoms with Crippen LogP contribution in [0.2, 0.25) is 0 Å². The Hall–Kier alpha value is -0.580. The summed E-state index contributed by atoms with van der Waals surface area (Å²) in [7, 11) is 1.90. The molecule has 0 saturated heterocycles. The number of nitrogens with two attached hydrogens (primary N) is 1. The van der Waals surface area contributed by atoms with Gasteiger partial charge in [0.2, 0.25) is 5.91 Å². The van der Waals surface area contributed by atoms with Crippen molar-refractivity contribution in [1.29, 1.82) is 0 Å². The number of hydrogen-bond acceptors (Lipinski definition) is 3. The maximum absolute atomic E-state index is 12.6. The molecule has 5 heteroatoms. The van der Waals surface area contributed by atoms with Crippen molar-refractivity contribution < 1.29 is 4.79 Å². The van der Waals surface area contributed by atoms with Gasteiger partial charge in [-0.2, -0.15) is 0 Å². The fourth-order valence-electron chi connectivity index (χ4n) is 2.82. The Morgan fingerprint density at radius 1 is 1.35 bits per heavy atom. The van der Waals surface area contributed by atoms with Crippen molar-refractivity contribution >= 4 is 29.7 Å². The number of amides is 1. The molecular formula is C15H25ClN2OS. The summed E-state index contributed by atoms with van der Waals surface area (Å²) in [6.45, 7) is 0.708. The lowest BCUT2D eigenvalue weighted by atomic mass is 9.86. The van der Waals surface area contributed by atoms with Crippen molar-refractivity contribution in [3.63, 3.8) is 0 Å². The van der Waals surface area contributed by atoms with Crippen LogP contribution in [0.25, 0.3) is 0 Å². The molecule has 1 saturated carbocycles. The van der Waals surface area contributed by atoms with Gasteiger partial charge in [-0.15, -0.1) is 23.7 Å². The van der Waals surface area contributed by atoms with Gasteiger partial charge in [0.1, 0.15) is 0 Å². The van der Waals surface area contributed by atoms with Gasteiger partial charge in [-0.05, 0) is 24.3 Å². The van der Waals surface area contributed by atoms with E-state index in [0.717, 1.165) is 19.3 Å². The molecule has 1 aromatic heterocycles. The zero-order valence-corrected chi connectivity index (χ0v) is 13.7. The molecule has 2 unspecified atom stereocenters. The third-order valence-corrected chi connectivity index (χ3v) is 4.85. The molecule has 1 aromatic rings. The Labute approximate surface area is 131 Å². The Morgan fingerprint density at radius 3 is 2.70 bits per heavy atom. The number of rotatable bonds is 3. The van der Waals surface area contributed by atoms with Gasteiger partial charge in [0, 0.05) is 18.0 Å². The minimum atomic E-state index is 0. The predicted molar refractivity (Wildman–Crippen MR) is 87.2 cm³/mol. The van der Waals surface area contributed by atoms with Crippen molar-refractivity contribution in [2.24, 2.45) is 11.7 Å². The van der Waals surface area contributed by atoms with Gasteiger partial charge in [0.15, 0.2) is 0 Å². The zero-order chi connectivity index (χ0) is 13.7. The van der Waals surface area contributed by atoms with Crippen LogP contribution in [0.1, 0.15) is 43.4 Å². The molecule has 3 nitrogen and oxygen atoms in total. The van der Waals surface area contributed by atoms with E-state index in [1.807, 2.05) is 18.0 Å². The Morgan fingerprint density at radius 2 is 2.05 bits per heavy atom. The van der Waals surface area contributed by atoms with Crippen LogP contribution in [0.4, 0.5) is 0 Å². The van der Waals surface area contributed by atoms with E-state index >= 15 is 0 Å². The van der Waals surface area contributed by atoms with Crippen LogP contribution in [-0.2, 0) is 11.3 Å². The van der Waals surface area contributed by atoms with Crippen molar-refractivity contribution in [2.75, 3.05) is 7.05 Å². The quantitative estimate of drug-likeness (QED) is 0.928. The monoisotopic (exact) mass is 316 g/mol. The molecule has 0 spiro atoms. The number of carbonyl (C=O) groups excluding carboxylic acids is 1. The van der Waals surface area contributed by atoms with Crippen LogP contribution in [-0.4, -0.2) is 23.9 Å². The molecule has 20 heavy (non-hydrogen) atoms. The second-order valence-electron chi connectivity index (χ2n) is 5.54. The molecule has 1 aliphatic rings. The summed E-state index contributed by atoms with van der Waals surface area (Å²) in [5.74, 6) is 0.244. The first-order valence-electron chi connectivity index (χ1n) is 7.21. The molecule has 0 bridgehead atoms. The van der Waals surface area contributed by atoms with E-state index in [-0.39, 0.29) is 30.3 Å². The van der Waals surface area contributed by atoms with Gasteiger partial charge < -0.3 is 10.6 Å². The van der Waals surface area contributed by atoms with E-state index in [2.05, 4.69) is 11.4 Å². The molecular weight excluding hydrogens is 292 g/mol. The van der Waals surface area contributed by atoms with E-state index in [9.17, 15) is 4.79 Å². The largest absolute Gasteiger partial charge is 0.340 e. The smallest absolute Gasteiger partial charge is 0.227 e. The molecule has 1 aliphatic carbocycles. The number of halogens is 1. The van der Waals surface area contributed by atoms with Gasteiger partial charge in [0.25, 0.3) is 0 Å². The molecule has 2 rings (SSSR count). The van der Waals surface area contributed by atoms with Gasteiger partial charge >= 0.3 is 0 Å². The van der Waals surface area contributed by atoms with E-state index in [1.165, 1.54) is 24.1 Å². The number of carbonyl (C=O) groups is 1. The Bertz CT molecular complexity index is 397. The number of nitrogens with zero attached hydrogens (tertiary/aromatic N) is 1. The highest BCUT2D eigenvalue weighted by atomic mass is 35.5. The van der Waals surface area contributed by atoms with Crippen LogP contribution >= 0.6 is 23.7 Å². The first kappa shape index (κ1) is 17.5. The summed E-state index contributed by atoms with van der Waals surface area (Å²) in [5.41, 5.74) is 6.22. The molecule has 1 amide bonds. The standard InChI is InChI=1S/C15H24N2OS.ClH/c1-17(11-12-7-6-10-19-12)15(18)13-8-4-2-3-5-9-14(13)16;/h6-7,10,13-14H,2-5,8-9,11,16H2,1H3;1H. The molecule has 0 aromatic carbocycles. The SMILES string of the molecule is CN(Cc1cccs1)C(=O)C1CCCCCCC1N.Cl. The Balaban J connectivity index is 0.00000200. The van der Waals surface area contributed by atoms with Gasteiger partial charge in [-0.25, -0.2) is 0 Å². The lowest BCUT2D eigenvalue weighted by molar-refractivity contribution is -0.135. The maximum atomic E-state index is 12.6. The molecule has 2 atom stereocenters. The summed E-state index contributed by atoms with van der Waals surface area (Å²) in [6, 6.07) is 4.14. The normalized spacial score (nSPS) is 23.3. The topological polar surface area (TPSA) is 46.3 Å². The van der Waals surface area contributed by atoms with Gasteiger partial charge in [-0.1, -0.05) is 31.7 Å². The van der Waals surface area contributed by atoms with Crippen LogP contribution in [0.15, 0.2) is 17.5 Å². The Kier molecular flexibility index (Phi) is 7.56. The van der Waals surface area contributed by atoms with Crippen molar-refractivity contribution in [2.45, 2.75) is 51.1 Å². The highest BCUT2D eigenvalue weighted by Gasteiger charge is 2.28. The minimum absolute atomic E-state index is 0. The maximum Gasteiger partial charge on any atom is 0.227 e. The fraction of sp³-hybridized carbons (Fsp3) is 0.667. The van der Waals surface area contributed by atoms with Crippen LogP contribution in [0.3, 0.4) is 0 Å². The highest BCUT2D eigenvalue weighted by Crippen LogP contribution is 2.24. The summed E-state index contributed by atoms with van der Waals surface area (Å²) >= 11 is 1.70. The minimum Gasteiger partial charge on any atom is -0.340 e. The summed E-state index contributed by atoms with van der Waals surface area (Å²) < 4.78 is 0. The van der Waals surface area contributed by atoms with Gasteiger partial charge in [-0.3, -0.25) is 4.79 Å². The van der Waals surface area contributed by atoms with E-state index < -0.39 is 0 Å². The molecule has 114 valence electrons. The fourth-order valence-corrected chi connectivity index (χ4v) is 3.57. The number of hydrogen-bond donors (Lipinski definition) is 1. The van der Waals surface area contributed by atoms with Crippen LogP contribution < -0.4 is 5.73 Å². The molecule has 1 fully saturated rings. The zero-order valence-electron chi connectivity index (χ0n) is 12.1. The lowest BCUT2D eigenvalue weighted by Crippen LogP contribution is -2.42. The second-order valence-corrected chi connectivity index (χ2v) is 6.57. The van der Waals surface area contributed by atoms with Crippen molar-refractivity contribution in [3.05, 3.63) is 22.4 Å². The first-order valence-corrected chi connectivity index (χ1v) is 8.09. The predicted octanol–water partition coefficient (Wildman–Crippen LogP) is 3.43. The molecule has 0 aliphatic heterocycles. The summed E-state index contributed by atoms with van der Waals surface area (Å²) in [5, 5.41) is 2.05.